The van der Waals surface area contributed by atoms with Crippen molar-refractivity contribution in [2.24, 2.45) is 0 Å². The highest BCUT2D eigenvalue weighted by Gasteiger charge is 2.25. The number of thiazole rings is 1. The molecule has 1 aromatic carbocycles. The standard InChI is InChI=1S/C20H19N3OS2/c1-12-6-7-14-17(10-12)26-20(21-14)22-19(24)16-11-18-15(8-9-25-18)23(16)13-4-2-3-5-13/h6-11,13H,2-5H2,1H3,(H,21,22,24). The van der Waals surface area contributed by atoms with Crippen LogP contribution in [0.4, 0.5) is 5.13 Å². The summed E-state index contributed by atoms with van der Waals surface area (Å²) in [7, 11) is 0. The van der Waals surface area contributed by atoms with Crippen molar-refractivity contribution in [3.63, 3.8) is 0 Å². The van der Waals surface area contributed by atoms with E-state index < -0.39 is 0 Å². The first kappa shape index (κ1) is 16.0. The number of aromatic nitrogens is 2. The molecule has 1 amide bonds. The highest BCUT2D eigenvalue weighted by atomic mass is 32.1. The van der Waals surface area contributed by atoms with Crippen LogP contribution in [0.2, 0.25) is 0 Å². The molecule has 0 aliphatic heterocycles. The molecular weight excluding hydrogens is 362 g/mol. The summed E-state index contributed by atoms with van der Waals surface area (Å²) in [6.07, 6.45) is 4.79. The Labute approximate surface area is 159 Å². The first-order chi connectivity index (χ1) is 12.7. The van der Waals surface area contributed by atoms with E-state index in [0.29, 0.717) is 11.2 Å². The third-order valence-corrected chi connectivity index (χ3v) is 6.93. The van der Waals surface area contributed by atoms with Gasteiger partial charge in [0.2, 0.25) is 0 Å². The number of hydrogen-bond acceptors (Lipinski definition) is 4. The third kappa shape index (κ3) is 2.64. The highest BCUT2D eigenvalue weighted by molar-refractivity contribution is 7.22. The SMILES string of the molecule is Cc1ccc2nc(NC(=O)c3cc4sccc4n3C3CCCC3)sc2c1. The van der Waals surface area contributed by atoms with Crippen LogP contribution in [-0.4, -0.2) is 15.5 Å². The minimum Gasteiger partial charge on any atom is -0.333 e. The number of aryl methyl sites for hydroxylation is 1. The van der Waals surface area contributed by atoms with Crippen LogP contribution in [0.1, 0.15) is 47.8 Å². The Hall–Kier alpha value is -2.18. The molecule has 0 saturated heterocycles. The zero-order valence-corrected chi connectivity index (χ0v) is 16.1. The summed E-state index contributed by atoms with van der Waals surface area (Å²) in [5.74, 6) is -0.0592. The molecule has 1 N–H and O–H groups in total. The smallest absolute Gasteiger partial charge is 0.274 e. The van der Waals surface area contributed by atoms with Crippen LogP contribution < -0.4 is 5.32 Å². The van der Waals surface area contributed by atoms with Gasteiger partial charge in [0.05, 0.1) is 20.4 Å². The molecule has 0 atom stereocenters. The molecule has 1 fully saturated rings. The Morgan fingerprint density at radius 2 is 2.04 bits per heavy atom. The molecule has 132 valence electrons. The molecule has 0 spiro atoms. The van der Waals surface area contributed by atoms with Crippen molar-refractivity contribution in [1.82, 2.24) is 9.55 Å². The van der Waals surface area contributed by atoms with Gasteiger partial charge in [0.15, 0.2) is 5.13 Å². The molecule has 0 bridgehead atoms. The van der Waals surface area contributed by atoms with E-state index >= 15 is 0 Å². The molecule has 0 unspecified atom stereocenters. The van der Waals surface area contributed by atoms with Crippen molar-refractivity contribution in [2.45, 2.75) is 38.6 Å². The molecular formula is C20H19N3OS2. The molecule has 0 radical (unpaired) electrons. The first-order valence-electron chi connectivity index (χ1n) is 8.96. The largest absolute Gasteiger partial charge is 0.333 e. The van der Waals surface area contributed by atoms with E-state index in [1.165, 1.54) is 40.0 Å². The van der Waals surface area contributed by atoms with Crippen LogP contribution in [0.5, 0.6) is 0 Å². The number of amides is 1. The molecule has 3 heterocycles. The summed E-state index contributed by atoms with van der Waals surface area (Å²) in [4.78, 5) is 17.6. The van der Waals surface area contributed by atoms with Gasteiger partial charge in [-0.3, -0.25) is 10.1 Å². The second-order valence-electron chi connectivity index (χ2n) is 6.95. The van der Waals surface area contributed by atoms with Gasteiger partial charge in [-0.25, -0.2) is 4.98 Å². The minimum atomic E-state index is -0.0592. The Kier molecular flexibility index (Phi) is 3.83. The van der Waals surface area contributed by atoms with Crippen LogP contribution in [-0.2, 0) is 0 Å². The van der Waals surface area contributed by atoms with Crippen molar-refractivity contribution in [3.05, 3.63) is 47.0 Å². The molecule has 4 aromatic rings. The number of rotatable bonds is 3. The lowest BCUT2D eigenvalue weighted by atomic mass is 10.2. The van der Waals surface area contributed by atoms with Crippen LogP contribution in [0.3, 0.4) is 0 Å². The molecule has 5 rings (SSSR count). The molecule has 6 heteroatoms. The number of nitrogens with one attached hydrogen (secondary N) is 1. The highest BCUT2D eigenvalue weighted by Crippen LogP contribution is 2.37. The Morgan fingerprint density at radius 3 is 2.88 bits per heavy atom. The molecule has 3 aromatic heterocycles. The maximum atomic E-state index is 13.0. The number of hydrogen-bond donors (Lipinski definition) is 1. The second kappa shape index (κ2) is 6.21. The Bertz CT molecular complexity index is 1110. The van der Waals surface area contributed by atoms with Gasteiger partial charge in [0, 0.05) is 6.04 Å². The number of anilines is 1. The van der Waals surface area contributed by atoms with Crippen LogP contribution in [0.15, 0.2) is 35.7 Å². The minimum absolute atomic E-state index is 0.0592. The van der Waals surface area contributed by atoms with E-state index in [9.17, 15) is 4.79 Å². The van der Waals surface area contributed by atoms with Gasteiger partial charge in [0.25, 0.3) is 5.91 Å². The quantitative estimate of drug-likeness (QED) is 0.474. The number of fused-ring (bicyclic) bond motifs is 2. The summed E-state index contributed by atoms with van der Waals surface area (Å²) >= 11 is 3.23. The fourth-order valence-corrected chi connectivity index (χ4v) is 5.69. The van der Waals surface area contributed by atoms with E-state index in [1.54, 1.807) is 11.3 Å². The van der Waals surface area contributed by atoms with Crippen LogP contribution >= 0.6 is 22.7 Å². The third-order valence-electron chi connectivity index (χ3n) is 5.15. The lowest BCUT2D eigenvalue weighted by molar-refractivity contribution is 0.101. The van der Waals surface area contributed by atoms with Gasteiger partial charge >= 0.3 is 0 Å². The molecule has 1 saturated carbocycles. The molecule has 26 heavy (non-hydrogen) atoms. The van der Waals surface area contributed by atoms with Crippen molar-refractivity contribution >= 4 is 54.1 Å². The number of carbonyl (C=O) groups is 1. The van der Waals surface area contributed by atoms with E-state index in [-0.39, 0.29) is 5.91 Å². The predicted molar refractivity (Wildman–Crippen MR) is 110 cm³/mol. The monoisotopic (exact) mass is 381 g/mol. The second-order valence-corrected chi connectivity index (χ2v) is 8.93. The van der Waals surface area contributed by atoms with Crippen LogP contribution in [0, 0.1) is 6.92 Å². The fourth-order valence-electron chi connectivity index (χ4n) is 3.92. The molecule has 4 nitrogen and oxygen atoms in total. The Balaban J connectivity index is 1.51. The Morgan fingerprint density at radius 1 is 1.19 bits per heavy atom. The van der Waals surface area contributed by atoms with Crippen molar-refractivity contribution in [1.29, 1.82) is 0 Å². The summed E-state index contributed by atoms with van der Waals surface area (Å²) < 4.78 is 4.54. The summed E-state index contributed by atoms with van der Waals surface area (Å²) in [6, 6.07) is 10.8. The lowest BCUT2D eigenvalue weighted by Gasteiger charge is -2.16. The molecule has 1 aliphatic carbocycles. The van der Waals surface area contributed by atoms with Crippen molar-refractivity contribution in [2.75, 3.05) is 5.32 Å². The molecule has 1 aliphatic rings. The van der Waals surface area contributed by atoms with Gasteiger partial charge in [0.1, 0.15) is 5.69 Å². The average Bonchev–Trinajstić information content (AvgIpc) is 3.37. The van der Waals surface area contributed by atoms with Crippen molar-refractivity contribution < 1.29 is 4.79 Å². The predicted octanol–water partition coefficient (Wildman–Crippen LogP) is 5.99. The van der Waals surface area contributed by atoms with E-state index in [2.05, 4.69) is 39.3 Å². The summed E-state index contributed by atoms with van der Waals surface area (Å²) in [5, 5.41) is 5.80. The number of thiophene rings is 1. The van der Waals surface area contributed by atoms with Gasteiger partial charge in [-0.2, -0.15) is 0 Å². The zero-order chi connectivity index (χ0) is 17.7. The number of nitrogens with zero attached hydrogens (tertiary/aromatic N) is 2. The van der Waals surface area contributed by atoms with Gasteiger partial charge in [-0.15, -0.1) is 11.3 Å². The van der Waals surface area contributed by atoms with Crippen molar-refractivity contribution in [3.8, 4) is 0 Å². The van der Waals surface area contributed by atoms with Gasteiger partial charge in [-0.1, -0.05) is 30.2 Å². The van der Waals surface area contributed by atoms with Gasteiger partial charge < -0.3 is 4.57 Å². The first-order valence-corrected chi connectivity index (χ1v) is 10.7. The lowest BCUT2D eigenvalue weighted by Crippen LogP contribution is -2.19. The van der Waals surface area contributed by atoms with Crippen LogP contribution in [0.25, 0.3) is 20.4 Å². The number of benzene rings is 1. The maximum absolute atomic E-state index is 13.0. The number of carbonyl (C=O) groups excluding carboxylic acids is 1. The normalized spacial score (nSPS) is 15.3. The fraction of sp³-hybridized carbons (Fsp3) is 0.300. The maximum Gasteiger partial charge on any atom is 0.274 e. The topological polar surface area (TPSA) is 46.9 Å². The summed E-state index contributed by atoms with van der Waals surface area (Å²) in [5.41, 5.74) is 4.08. The van der Waals surface area contributed by atoms with Gasteiger partial charge in [-0.05, 0) is 55.0 Å². The average molecular weight is 382 g/mol. The summed E-state index contributed by atoms with van der Waals surface area (Å²) in [6.45, 7) is 2.07. The van der Waals surface area contributed by atoms with E-state index in [1.807, 2.05) is 18.2 Å². The zero-order valence-electron chi connectivity index (χ0n) is 14.5. The van der Waals surface area contributed by atoms with E-state index in [0.717, 1.165) is 28.8 Å². The van der Waals surface area contributed by atoms with E-state index in [4.69, 9.17) is 0 Å².